The number of rotatable bonds is 15. The lowest BCUT2D eigenvalue weighted by Gasteiger charge is -2.38. The van der Waals surface area contributed by atoms with Crippen LogP contribution in [-0.4, -0.2) is 49.7 Å². The second-order valence-corrected chi connectivity index (χ2v) is 14.8. The van der Waals surface area contributed by atoms with Crippen molar-refractivity contribution in [3.63, 3.8) is 0 Å². The van der Waals surface area contributed by atoms with Crippen LogP contribution in [0.25, 0.3) is 0 Å². The van der Waals surface area contributed by atoms with Gasteiger partial charge in [-0.25, -0.2) is 4.39 Å². The Bertz CT molecular complexity index is 366. The molecule has 0 aliphatic heterocycles. The molecule has 0 fully saturated rings. The maximum absolute atomic E-state index is 14.9. The highest BCUT2D eigenvalue weighted by molar-refractivity contribution is 6.82. The molecule has 0 heterocycles. The van der Waals surface area contributed by atoms with Crippen LogP contribution in [0.3, 0.4) is 0 Å². The van der Waals surface area contributed by atoms with Crippen molar-refractivity contribution in [2.75, 3.05) is 26.9 Å². The summed E-state index contributed by atoms with van der Waals surface area (Å²) in [7, 11) is -2.89. The van der Waals surface area contributed by atoms with Crippen LogP contribution >= 0.6 is 0 Å². The van der Waals surface area contributed by atoms with Gasteiger partial charge in [-0.05, 0) is 38.7 Å². The van der Waals surface area contributed by atoms with Gasteiger partial charge in [0.25, 0.3) is 0 Å². The van der Waals surface area contributed by atoms with Crippen LogP contribution in [0.15, 0.2) is 25.3 Å². The van der Waals surface area contributed by atoms with E-state index >= 15 is 0 Å². The van der Waals surface area contributed by atoms with Gasteiger partial charge in [0, 0.05) is 26.6 Å². The molecule has 0 bridgehead atoms. The molecule has 142 valence electrons. The maximum atomic E-state index is 14.9. The van der Waals surface area contributed by atoms with Gasteiger partial charge in [-0.15, -0.1) is 13.2 Å². The summed E-state index contributed by atoms with van der Waals surface area (Å²) >= 11 is 0. The van der Waals surface area contributed by atoms with Gasteiger partial charge < -0.3 is 18.0 Å². The lowest BCUT2D eigenvalue weighted by atomic mass is 10.1. The molecule has 0 radical (unpaired) electrons. The molecule has 0 saturated carbocycles. The Morgan fingerprint density at radius 2 is 1.58 bits per heavy atom. The molecule has 0 spiro atoms. The van der Waals surface area contributed by atoms with Crippen LogP contribution in [0.5, 0.6) is 0 Å². The van der Waals surface area contributed by atoms with Crippen LogP contribution in [0.1, 0.15) is 19.3 Å². The van der Waals surface area contributed by atoms with Crippen LogP contribution in [0.2, 0.25) is 32.2 Å². The van der Waals surface area contributed by atoms with Gasteiger partial charge in [0.05, 0.1) is 13.2 Å². The summed E-state index contributed by atoms with van der Waals surface area (Å²) in [6.45, 7) is 17.2. The number of methoxy groups -OCH3 is 1. The van der Waals surface area contributed by atoms with E-state index in [0.29, 0.717) is 19.8 Å². The third-order valence-corrected chi connectivity index (χ3v) is 9.94. The number of hydrogen-bond donors (Lipinski definition) is 0. The molecule has 0 aromatic heterocycles. The van der Waals surface area contributed by atoms with Crippen molar-refractivity contribution in [1.29, 1.82) is 0 Å². The Balaban J connectivity index is 4.47. The first-order chi connectivity index (χ1) is 11.1. The predicted octanol–water partition coefficient (Wildman–Crippen LogP) is 4.80. The standard InChI is InChI=1S/C17H35FO4Si2/c1-8-11-17(18,12-9-2)21-24(6,7)22-23(4,5)16-10-13-20-15-14-19-3/h8-9H,1-2,10-16H2,3-7H3. The highest BCUT2D eigenvalue weighted by Gasteiger charge is 2.41. The second kappa shape index (κ2) is 11.3. The van der Waals surface area contributed by atoms with Gasteiger partial charge >= 0.3 is 8.56 Å². The largest absolute Gasteiger partial charge is 0.436 e. The molecule has 0 N–H and O–H groups in total. The molecule has 0 rings (SSSR count). The van der Waals surface area contributed by atoms with E-state index in [-0.39, 0.29) is 12.8 Å². The fraction of sp³-hybridized carbons (Fsp3) is 0.765. The smallest absolute Gasteiger partial charge is 0.324 e. The van der Waals surface area contributed by atoms with E-state index in [2.05, 4.69) is 26.3 Å². The van der Waals surface area contributed by atoms with Gasteiger partial charge in [0.15, 0.2) is 8.32 Å². The predicted molar refractivity (Wildman–Crippen MR) is 103 cm³/mol. The highest BCUT2D eigenvalue weighted by atomic mass is 28.4. The van der Waals surface area contributed by atoms with E-state index in [0.717, 1.165) is 12.5 Å². The Labute approximate surface area is 149 Å². The van der Waals surface area contributed by atoms with Crippen molar-refractivity contribution in [2.45, 2.75) is 57.3 Å². The lowest BCUT2D eigenvalue weighted by molar-refractivity contribution is -0.0756. The zero-order valence-corrected chi connectivity index (χ0v) is 18.0. The molecule has 0 unspecified atom stereocenters. The van der Waals surface area contributed by atoms with Gasteiger partial charge in [0.1, 0.15) is 0 Å². The van der Waals surface area contributed by atoms with Crippen molar-refractivity contribution in [3.05, 3.63) is 25.3 Å². The molecule has 4 nitrogen and oxygen atoms in total. The Morgan fingerprint density at radius 1 is 1.00 bits per heavy atom. The summed E-state index contributed by atoms with van der Waals surface area (Å²) in [4.78, 5) is 0. The average molecular weight is 379 g/mol. The molecule has 0 atom stereocenters. The molecule has 0 aromatic rings. The first-order valence-electron chi connectivity index (χ1n) is 8.47. The summed E-state index contributed by atoms with van der Waals surface area (Å²) in [5, 5.41) is 0. The minimum absolute atomic E-state index is 0.133. The maximum Gasteiger partial charge on any atom is 0.324 e. The van der Waals surface area contributed by atoms with Crippen molar-refractivity contribution in [1.82, 2.24) is 0 Å². The third kappa shape index (κ3) is 11.3. The molecule has 0 aromatic carbocycles. The van der Waals surface area contributed by atoms with Crippen molar-refractivity contribution in [3.8, 4) is 0 Å². The van der Waals surface area contributed by atoms with E-state index in [9.17, 15) is 4.39 Å². The fourth-order valence-electron chi connectivity index (χ4n) is 2.62. The van der Waals surface area contributed by atoms with E-state index in [4.69, 9.17) is 18.0 Å². The molecule has 0 aliphatic rings. The van der Waals surface area contributed by atoms with Crippen LogP contribution in [-0.2, 0) is 18.0 Å². The summed E-state index contributed by atoms with van der Waals surface area (Å²) in [5.74, 6) is -1.77. The monoisotopic (exact) mass is 378 g/mol. The SMILES string of the molecule is C=CCC(F)(CC=C)O[Si](C)(C)O[Si](C)(C)CCCOCCOC. The molecule has 0 amide bonds. The third-order valence-electron chi connectivity index (χ3n) is 3.35. The molecular weight excluding hydrogens is 343 g/mol. The molecule has 24 heavy (non-hydrogen) atoms. The summed E-state index contributed by atoms with van der Waals surface area (Å²) < 4.78 is 37.4. The highest BCUT2D eigenvalue weighted by Crippen LogP contribution is 2.31. The van der Waals surface area contributed by atoms with Crippen LogP contribution < -0.4 is 0 Å². The second-order valence-electron chi connectivity index (χ2n) is 6.94. The topological polar surface area (TPSA) is 36.9 Å². The number of halogens is 1. The molecular formula is C17H35FO4Si2. The minimum Gasteiger partial charge on any atom is -0.436 e. The van der Waals surface area contributed by atoms with E-state index < -0.39 is 22.7 Å². The van der Waals surface area contributed by atoms with Crippen LogP contribution in [0, 0.1) is 0 Å². The average Bonchev–Trinajstić information content (AvgIpc) is 2.40. The fourth-order valence-corrected chi connectivity index (χ4v) is 10.6. The molecule has 0 aliphatic carbocycles. The molecule has 0 saturated heterocycles. The number of hydrogen-bond acceptors (Lipinski definition) is 4. The van der Waals surface area contributed by atoms with Crippen molar-refractivity contribution < 1.29 is 22.4 Å². The summed E-state index contributed by atoms with van der Waals surface area (Å²) in [6.07, 6.45) is 4.26. The Hall–Kier alpha value is -0.316. The molecule has 7 heteroatoms. The van der Waals surface area contributed by atoms with Gasteiger partial charge in [-0.1, -0.05) is 12.2 Å². The first kappa shape index (κ1) is 23.7. The number of alkyl halides is 1. The van der Waals surface area contributed by atoms with Crippen LogP contribution in [0.4, 0.5) is 4.39 Å². The van der Waals surface area contributed by atoms with Gasteiger partial charge in [0.2, 0.25) is 5.85 Å². The minimum atomic E-state index is -2.60. The lowest BCUT2D eigenvalue weighted by Crippen LogP contribution is -2.50. The van der Waals surface area contributed by atoms with E-state index in [1.807, 2.05) is 13.1 Å². The van der Waals surface area contributed by atoms with Crippen molar-refractivity contribution >= 4 is 16.9 Å². The van der Waals surface area contributed by atoms with E-state index in [1.165, 1.54) is 12.2 Å². The quantitative estimate of drug-likeness (QED) is 0.233. The van der Waals surface area contributed by atoms with E-state index in [1.54, 1.807) is 7.11 Å². The number of ether oxygens (including phenoxy) is 2. The first-order valence-corrected chi connectivity index (χ1v) is 14.4. The van der Waals surface area contributed by atoms with Gasteiger partial charge in [-0.2, -0.15) is 0 Å². The summed E-state index contributed by atoms with van der Waals surface area (Å²) in [6, 6.07) is 0.946. The van der Waals surface area contributed by atoms with Crippen molar-refractivity contribution in [2.24, 2.45) is 0 Å². The zero-order valence-electron chi connectivity index (χ0n) is 16.0. The zero-order chi connectivity index (χ0) is 18.7. The Morgan fingerprint density at radius 3 is 2.08 bits per heavy atom. The normalized spacial score (nSPS) is 13.1. The Kier molecular flexibility index (Phi) is 11.2. The van der Waals surface area contributed by atoms with Gasteiger partial charge in [-0.3, -0.25) is 0 Å². The summed E-state index contributed by atoms with van der Waals surface area (Å²) in [5.41, 5.74) is 0.